The first-order chi connectivity index (χ1) is 10.4. The minimum Gasteiger partial charge on any atom is -0.291 e. The number of sulfonamides is 1. The molecule has 1 aliphatic rings. The standard InChI is InChI=1S/C15H12ClNO3S2/c1-17-15(14(18)10-5-3-2-4-6-10)21-12-9-11(16)7-8-13(12)22(17,19)20/h2-9,15H,1H3. The highest BCUT2D eigenvalue weighted by atomic mass is 35.5. The van der Waals surface area contributed by atoms with Gasteiger partial charge in [0.1, 0.15) is 5.37 Å². The number of halogens is 1. The maximum Gasteiger partial charge on any atom is 0.245 e. The van der Waals surface area contributed by atoms with E-state index in [1.54, 1.807) is 36.4 Å². The maximum absolute atomic E-state index is 12.6. The van der Waals surface area contributed by atoms with Gasteiger partial charge in [-0.1, -0.05) is 53.7 Å². The summed E-state index contributed by atoms with van der Waals surface area (Å²) >= 11 is 7.14. The molecule has 0 aromatic heterocycles. The number of carbonyl (C=O) groups is 1. The zero-order valence-electron chi connectivity index (χ0n) is 11.6. The number of ketones is 1. The summed E-state index contributed by atoms with van der Waals surface area (Å²) in [6, 6.07) is 13.2. The number of rotatable bonds is 2. The lowest BCUT2D eigenvalue weighted by Crippen LogP contribution is -2.42. The van der Waals surface area contributed by atoms with Gasteiger partial charge >= 0.3 is 0 Å². The molecule has 114 valence electrons. The van der Waals surface area contributed by atoms with Gasteiger partial charge in [0.05, 0.1) is 4.90 Å². The second-order valence-electron chi connectivity index (χ2n) is 4.81. The van der Waals surface area contributed by atoms with Crippen LogP contribution >= 0.6 is 23.4 Å². The van der Waals surface area contributed by atoms with Gasteiger partial charge in [-0.25, -0.2) is 8.42 Å². The van der Waals surface area contributed by atoms with Crippen LogP contribution in [0.4, 0.5) is 0 Å². The number of Topliss-reactive ketones (excluding diaryl/α,β-unsaturated/α-hetero) is 1. The molecule has 7 heteroatoms. The van der Waals surface area contributed by atoms with Crippen molar-refractivity contribution in [2.45, 2.75) is 15.2 Å². The van der Waals surface area contributed by atoms with Crippen molar-refractivity contribution in [3.05, 3.63) is 59.1 Å². The lowest BCUT2D eigenvalue weighted by Gasteiger charge is -2.31. The third kappa shape index (κ3) is 2.56. The number of thioether (sulfide) groups is 1. The van der Waals surface area contributed by atoms with Crippen molar-refractivity contribution < 1.29 is 13.2 Å². The van der Waals surface area contributed by atoms with Crippen molar-refractivity contribution in [3.8, 4) is 0 Å². The molecular weight excluding hydrogens is 342 g/mol. The summed E-state index contributed by atoms with van der Waals surface area (Å²) in [6.45, 7) is 0. The van der Waals surface area contributed by atoms with E-state index in [0.717, 1.165) is 4.31 Å². The van der Waals surface area contributed by atoms with Crippen molar-refractivity contribution in [1.82, 2.24) is 4.31 Å². The van der Waals surface area contributed by atoms with Crippen LogP contribution in [0.5, 0.6) is 0 Å². The van der Waals surface area contributed by atoms with E-state index in [-0.39, 0.29) is 10.7 Å². The average molecular weight is 354 g/mol. The van der Waals surface area contributed by atoms with Crippen LogP contribution in [0.15, 0.2) is 58.3 Å². The van der Waals surface area contributed by atoms with Gasteiger partial charge in [-0.2, -0.15) is 4.31 Å². The van der Waals surface area contributed by atoms with E-state index >= 15 is 0 Å². The summed E-state index contributed by atoms with van der Waals surface area (Å²) < 4.78 is 26.3. The predicted molar refractivity (Wildman–Crippen MR) is 86.8 cm³/mol. The molecule has 0 fully saturated rings. The summed E-state index contributed by atoms with van der Waals surface area (Å²) in [5, 5.41) is -0.393. The normalized spacial score (nSPS) is 20.4. The average Bonchev–Trinajstić information content (AvgIpc) is 2.51. The molecule has 0 amide bonds. The third-order valence-corrected chi connectivity index (χ3v) is 7.14. The largest absolute Gasteiger partial charge is 0.291 e. The molecule has 22 heavy (non-hydrogen) atoms. The minimum absolute atomic E-state index is 0.182. The first kappa shape index (κ1) is 15.6. The van der Waals surface area contributed by atoms with Gasteiger partial charge < -0.3 is 0 Å². The summed E-state index contributed by atoms with van der Waals surface area (Å²) in [4.78, 5) is 13.3. The van der Waals surface area contributed by atoms with Crippen molar-refractivity contribution in [2.24, 2.45) is 0 Å². The van der Waals surface area contributed by atoms with E-state index < -0.39 is 15.4 Å². The maximum atomic E-state index is 12.6. The van der Waals surface area contributed by atoms with Crippen LogP contribution in [0.25, 0.3) is 0 Å². The van der Waals surface area contributed by atoms with Crippen LogP contribution in [0, 0.1) is 0 Å². The van der Waals surface area contributed by atoms with Gasteiger partial charge in [0.2, 0.25) is 10.0 Å². The minimum atomic E-state index is -3.71. The van der Waals surface area contributed by atoms with Crippen LogP contribution in [-0.2, 0) is 10.0 Å². The van der Waals surface area contributed by atoms with Gasteiger partial charge in [0, 0.05) is 22.5 Å². The monoisotopic (exact) mass is 353 g/mol. The molecule has 0 saturated carbocycles. The quantitative estimate of drug-likeness (QED) is 0.777. The van der Waals surface area contributed by atoms with Gasteiger partial charge in [-0.05, 0) is 18.2 Å². The van der Waals surface area contributed by atoms with Crippen LogP contribution in [0.2, 0.25) is 5.02 Å². The summed E-state index contributed by atoms with van der Waals surface area (Å²) in [5.74, 6) is -0.248. The number of hydrogen-bond donors (Lipinski definition) is 0. The van der Waals surface area contributed by atoms with E-state index in [1.165, 1.54) is 30.9 Å². The molecule has 0 N–H and O–H groups in total. The Morgan fingerprint density at radius 2 is 1.86 bits per heavy atom. The fraction of sp³-hybridized carbons (Fsp3) is 0.133. The van der Waals surface area contributed by atoms with E-state index in [1.807, 2.05) is 0 Å². The Bertz CT molecular complexity index is 837. The van der Waals surface area contributed by atoms with Crippen LogP contribution in [0.3, 0.4) is 0 Å². The Kier molecular flexibility index (Phi) is 4.03. The molecule has 1 aliphatic heterocycles. The third-order valence-electron chi connectivity index (χ3n) is 3.41. The molecular formula is C15H12ClNO3S2. The number of fused-ring (bicyclic) bond motifs is 1. The Hall–Kier alpha value is -1.34. The highest BCUT2D eigenvalue weighted by Crippen LogP contribution is 2.41. The van der Waals surface area contributed by atoms with Crippen molar-refractivity contribution in [3.63, 3.8) is 0 Å². The lowest BCUT2D eigenvalue weighted by atomic mass is 10.1. The molecule has 0 radical (unpaired) electrons. The predicted octanol–water partition coefficient (Wildman–Crippen LogP) is 3.28. The van der Waals surface area contributed by atoms with Crippen molar-refractivity contribution in [1.29, 1.82) is 0 Å². The summed E-state index contributed by atoms with van der Waals surface area (Å²) in [5.41, 5.74) is 0.479. The fourth-order valence-corrected chi connectivity index (χ4v) is 5.62. The van der Waals surface area contributed by atoms with E-state index in [4.69, 9.17) is 11.6 Å². The van der Waals surface area contributed by atoms with Crippen LogP contribution in [0.1, 0.15) is 10.4 Å². The summed E-state index contributed by atoms with van der Waals surface area (Å²) in [7, 11) is -2.28. The Morgan fingerprint density at radius 3 is 2.55 bits per heavy atom. The van der Waals surface area contributed by atoms with Crippen molar-refractivity contribution >= 4 is 39.2 Å². The molecule has 0 aliphatic carbocycles. The molecule has 2 aromatic rings. The SMILES string of the molecule is CN1C(C(=O)c2ccccc2)Sc2cc(Cl)ccc2S1(=O)=O. The molecule has 0 bridgehead atoms. The topological polar surface area (TPSA) is 54.5 Å². The number of carbonyl (C=O) groups excluding carboxylic acids is 1. The first-order valence-corrected chi connectivity index (χ1v) is 9.14. The second kappa shape index (κ2) is 5.70. The number of likely N-dealkylation sites (N-methyl/N-ethyl adjacent to an activating group) is 1. The number of nitrogens with zero attached hydrogens (tertiary/aromatic N) is 1. The fourth-order valence-electron chi connectivity index (χ4n) is 2.23. The zero-order valence-corrected chi connectivity index (χ0v) is 14.0. The lowest BCUT2D eigenvalue weighted by molar-refractivity contribution is 0.0955. The molecule has 4 nitrogen and oxygen atoms in total. The van der Waals surface area contributed by atoms with Crippen LogP contribution < -0.4 is 0 Å². The summed E-state index contributed by atoms with van der Waals surface area (Å²) in [6.07, 6.45) is 0. The van der Waals surface area contributed by atoms with Crippen LogP contribution in [-0.4, -0.2) is 30.9 Å². The molecule has 1 atom stereocenters. The first-order valence-electron chi connectivity index (χ1n) is 6.45. The Morgan fingerprint density at radius 1 is 1.18 bits per heavy atom. The Labute approximate surface area is 138 Å². The second-order valence-corrected chi connectivity index (χ2v) is 8.34. The highest BCUT2D eigenvalue weighted by molar-refractivity contribution is 8.03. The van der Waals surface area contributed by atoms with E-state index in [0.29, 0.717) is 15.5 Å². The molecule has 2 aromatic carbocycles. The molecule has 0 saturated heterocycles. The van der Waals surface area contributed by atoms with E-state index in [2.05, 4.69) is 0 Å². The molecule has 1 heterocycles. The van der Waals surface area contributed by atoms with E-state index in [9.17, 15) is 13.2 Å². The number of benzene rings is 2. The zero-order chi connectivity index (χ0) is 15.9. The highest BCUT2D eigenvalue weighted by Gasteiger charge is 2.40. The van der Waals surface area contributed by atoms with Gasteiger partial charge in [-0.3, -0.25) is 4.79 Å². The number of hydrogen-bond acceptors (Lipinski definition) is 4. The van der Waals surface area contributed by atoms with Gasteiger partial charge in [0.15, 0.2) is 5.78 Å². The molecule has 3 rings (SSSR count). The van der Waals surface area contributed by atoms with Crippen molar-refractivity contribution in [2.75, 3.05) is 7.05 Å². The molecule has 0 spiro atoms. The Balaban J connectivity index is 2.07. The van der Waals surface area contributed by atoms with Gasteiger partial charge in [-0.15, -0.1) is 0 Å². The molecule has 1 unspecified atom stereocenters. The van der Waals surface area contributed by atoms with Gasteiger partial charge in [0.25, 0.3) is 0 Å². The smallest absolute Gasteiger partial charge is 0.245 e.